The summed E-state index contributed by atoms with van der Waals surface area (Å²) in [7, 11) is 0. The number of rotatable bonds is 5. The van der Waals surface area contributed by atoms with Crippen molar-refractivity contribution in [2.75, 3.05) is 19.7 Å². The molecule has 0 aliphatic carbocycles. The van der Waals surface area contributed by atoms with Crippen molar-refractivity contribution in [1.82, 2.24) is 15.1 Å². The summed E-state index contributed by atoms with van der Waals surface area (Å²) < 4.78 is 18.8. The van der Waals surface area contributed by atoms with Gasteiger partial charge in [-0.05, 0) is 49.9 Å². The normalized spacial score (nSPS) is 18.5. The van der Waals surface area contributed by atoms with E-state index < -0.39 is 5.41 Å². The summed E-state index contributed by atoms with van der Waals surface area (Å²) in [4.78, 5) is 40.2. The highest BCUT2D eigenvalue weighted by molar-refractivity contribution is 6.05. The van der Waals surface area contributed by atoms with Crippen molar-refractivity contribution in [3.63, 3.8) is 0 Å². The number of aromatic nitrogens is 2. The fourth-order valence-electron chi connectivity index (χ4n) is 4.39. The Labute approximate surface area is 184 Å². The molecule has 8 heteroatoms. The first-order chi connectivity index (χ1) is 15.4. The maximum absolute atomic E-state index is 13.4. The molecule has 3 aromatic rings. The number of benzene rings is 2. The largest absolute Gasteiger partial charge is 0.466 e. The number of ether oxygens (including phenoxy) is 1. The molecule has 166 valence electrons. The van der Waals surface area contributed by atoms with E-state index in [0.717, 1.165) is 5.56 Å². The van der Waals surface area contributed by atoms with Crippen molar-refractivity contribution < 1.29 is 18.7 Å². The van der Waals surface area contributed by atoms with Crippen molar-refractivity contribution in [1.29, 1.82) is 0 Å². The Hall–Kier alpha value is -3.55. The maximum atomic E-state index is 13.4. The molecule has 1 N–H and O–H groups in total. The van der Waals surface area contributed by atoms with Crippen molar-refractivity contribution >= 4 is 22.6 Å². The lowest BCUT2D eigenvalue weighted by Crippen LogP contribution is -2.52. The SMILES string of the molecule is CCOC(=O)C1(Cc2ccc(F)cc2)CCCN(C(=O)c2n[nH]c(=O)c3ccccc23)C1. The molecule has 0 saturated carbocycles. The van der Waals surface area contributed by atoms with Crippen LogP contribution in [0.1, 0.15) is 35.8 Å². The van der Waals surface area contributed by atoms with Gasteiger partial charge >= 0.3 is 5.97 Å². The lowest BCUT2D eigenvalue weighted by atomic mass is 9.75. The Morgan fingerprint density at radius 3 is 2.59 bits per heavy atom. The topological polar surface area (TPSA) is 92.4 Å². The number of hydrogen-bond donors (Lipinski definition) is 1. The summed E-state index contributed by atoms with van der Waals surface area (Å²) in [6, 6.07) is 12.8. The summed E-state index contributed by atoms with van der Waals surface area (Å²) in [5.74, 6) is -1.08. The monoisotopic (exact) mass is 437 g/mol. The summed E-state index contributed by atoms with van der Waals surface area (Å²) in [6.45, 7) is 2.57. The van der Waals surface area contributed by atoms with Gasteiger partial charge in [-0.15, -0.1) is 0 Å². The lowest BCUT2D eigenvalue weighted by molar-refractivity contribution is -0.158. The molecule has 1 fully saturated rings. The molecule has 0 radical (unpaired) electrons. The third-order valence-electron chi connectivity index (χ3n) is 5.93. The van der Waals surface area contributed by atoms with Crippen LogP contribution >= 0.6 is 0 Å². The summed E-state index contributed by atoms with van der Waals surface area (Å²) in [5, 5.41) is 7.25. The van der Waals surface area contributed by atoms with Gasteiger partial charge in [-0.1, -0.05) is 30.3 Å². The van der Waals surface area contributed by atoms with E-state index in [0.29, 0.717) is 36.6 Å². The molecule has 0 bridgehead atoms. The van der Waals surface area contributed by atoms with Crippen molar-refractivity contribution in [3.8, 4) is 0 Å². The van der Waals surface area contributed by atoms with E-state index >= 15 is 0 Å². The zero-order valence-electron chi connectivity index (χ0n) is 17.8. The number of piperidine rings is 1. The van der Waals surface area contributed by atoms with Crippen LogP contribution in [0.5, 0.6) is 0 Å². The zero-order chi connectivity index (χ0) is 22.7. The molecule has 1 saturated heterocycles. The third kappa shape index (κ3) is 4.12. The van der Waals surface area contributed by atoms with Gasteiger partial charge < -0.3 is 9.64 Å². The van der Waals surface area contributed by atoms with Gasteiger partial charge in [-0.25, -0.2) is 9.49 Å². The van der Waals surface area contributed by atoms with E-state index in [1.807, 2.05) is 0 Å². The minimum atomic E-state index is -0.945. The van der Waals surface area contributed by atoms with Gasteiger partial charge in [-0.2, -0.15) is 5.10 Å². The van der Waals surface area contributed by atoms with E-state index in [4.69, 9.17) is 4.74 Å². The number of aromatic amines is 1. The van der Waals surface area contributed by atoms with Crippen LogP contribution in [-0.4, -0.2) is 46.7 Å². The number of hydrogen-bond acceptors (Lipinski definition) is 5. The molecule has 32 heavy (non-hydrogen) atoms. The summed E-state index contributed by atoms with van der Waals surface area (Å²) >= 11 is 0. The Kier molecular flexibility index (Phi) is 6.03. The zero-order valence-corrected chi connectivity index (χ0v) is 17.8. The Bertz CT molecular complexity index is 1210. The van der Waals surface area contributed by atoms with E-state index in [1.165, 1.54) is 12.1 Å². The molecule has 2 heterocycles. The molecule has 7 nitrogen and oxygen atoms in total. The molecular formula is C24H24FN3O4. The number of halogens is 1. The van der Waals surface area contributed by atoms with Crippen LogP contribution in [0.25, 0.3) is 10.8 Å². The van der Waals surface area contributed by atoms with Crippen LogP contribution in [0.3, 0.4) is 0 Å². The maximum Gasteiger partial charge on any atom is 0.314 e. The van der Waals surface area contributed by atoms with Crippen molar-refractivity contribution in [2.24, 2.45) is 5.41 Å². The number of fused-ring (bicyclic) bond motifs is 1. The first kappa shape index (κ1) is 21.7. The lowest BCUT2D eigenvalue weighted by Gasteiger charge is -2.41. The van der Waals surface area contributed by atoms with Gasteiger partial charge in [0.25, 0.3) is 11.5 Å². The summed E-state index contributed by atoms with van der Waals surface area (Å²) in [5.41, 5.74) is -0.379. The van der Waals surface area contributed by atoms with Gasteiger partial charge in [-0.3, -0.25) is 14.4 Å². The second-order valence-electron chi connectivity index (χ2n) is 8.08. The fourth-order valence-corrected chi connectivity index (χ4v) is 4.39. The van der Waals surface area contributed by atoms with Crippen LogP contribution in [0.15, 0.2) is 53.3 Å². The highest BCUT2D eigenvalue weighted by atomic mass is 19.1. The van der Waals surface area contributed by atoms with Crippen LogP contribution in [0.4, 0.5) is 4.39 Å². The second-order valence-corrected chi connectivity index (χ2v) is 8.08. The minimum absolute atomic E-state index is 0.140. The second kappa shape index (κ2) is 8.90. The number of nitrogens with zero attached hydrogens (tertiary/aromatic N) is 2. The molecule has 1 unspecified atom stereocenters. The average Bonchev–Trinajstić information content (AvgIpc) is 2.81. The number of nitrogens with one attached hydrogen (secondary N) is 1. The number of amides is 1. The molecule has 2 aromatic carbocycles. The molecule has 1 aliphatic rings. The van der Waals surface area contributed by atoms with Gasteiger partial charge in [0.2, 0.25) is 0 Å². The quantitative estimate of drug-likeness (QED) is 0.620. The van der Waals surface area contributed by atoms with E-state index in [-0.39, 0.29) is 42.1 Å². The average molecular weight is 437 g/mol. The molecule has 1 aromatic heterocycles. The molecule has 1 atom stereocenters. The molecule has 0 spiro atoms. The Morgan fingerprint density at radius 1 is 1.16 bits per heavy atom. The van der Waals surface area contributed by atoms with Gasteiger partial charge in [0, 0.05) is 18.5 Å². The fraction of sp³-hybridized carbons (Fsp3) is 0.333. The van der Waals surface area contributed by atoms with Crippen molar-refractivity contribution in [3.05, 3.63) is 76.0 Å². The smallest absolute Gasteiger partial charge is 0.314 e. The highest BCUT2D eigenvalue weighted by Crippen LogP contribution is 2.36. The van der Waals surface area contributed by atoms with Gasteiger partial charge in [0.1, 0.15) is 5.82 Å². The standard InChI is InChI=1S/C24H24FN3O4/c1-2-32-23(31)24(14-16-8-10-17(25)11-9-16)12-5-13-28(15-24)22(30)20-18-6-3-4-7-19(18)21(29)27-26-20/h3-4,6-11H,2,5,12-15H2,1H3,(H,27,29). The van der Waals surface area contributed by atoms with Crippen molar-refractivity contribution in [2.45, 2.75) is 26.2 Å². The van der Waals surface area contributed by atoms with Crippen LogP contribution in [-0.2, 0) is 16.0 Å². The number of carbonyl (C=O) groups excluding carboxylic acids is 2. The van der Waals surface area contributed by atoms with Crippen LogP contribution in [0.2, 0.25) is 0 Å². The third-order valence-corrected chi connectivity index (χ3v) is 5.93. The molecular weight excluding hydrogens is 413 g/mol. The predicted molar refractivity (Wildman–Crippen MR) is 117 cm³/mol. The Balaban J connectivity index is 1.68. The molecule has 1 aliphatic heterocycles. The highest BCUT2D eigenvalue weighted by Gasteiger charge is 2.45. The van der Waals surface area contributed by atoms with E-state index in [2.05, 4.69) is 10.2 Å². The summed E-state index contributed by atoms with van der Waals surface area (Å²) in [6.07, 6.45) is 1.48. The van der Waals surface area contributed by atoms with Gasteiger partial charge in [0.05, 0.1) is 17.4 Å². The van der Waals surface area contributed by atoms with E-state index in [9.17, 15) is 18.8 Å². The number of H-pyrrole nitrogens is 1. The van der Waals surface area contributed by atoms with Crippen LogP contribution < -0.4 is 5.56 Å². The minimum Gasteiger partial charge on any atom is -0.466 e. The van der Waals surface area contributed by atoms with E-state index in [1.54, 1.807) is 48.2 Å². The number of carbonyl (C=O) groups is 2. The molecule has 4 rings (SSSR count). The first-order valence-electron chi connectivity index (χ1n) is 10.6. The van der Waals surface area contributed by atoms with Crippen LogP contribution in [0, 0.1) is 11.2 Å². The number of esters is 1. The predicted octanol–water partition coefficient (Wildman–Crippen LogP) is 3.09. The molecule has 1 amide bonds. The number of likely N-dealkylation sites (tertiary alicyclic amines) is 1. The Morgan fingerprint density at radius 2 is 1.88 bits per heavy atom. The first-order valence-corrected chi connectivity index (χ1v) is 10.6. The van der Waals surface area contributed by atoms with Gasteiger partial charge in [0.15, 0.2) is 5.69 Å².